The lowest BCUT2D eigenvalue weighted by molar-refractivity contribution is 0.0707. The van der Waals surface area contributed by atoms with E-state index in [1.165, 1.54) is 43.8 Å². The number of amides is 3. The number of nitrogens with one attached hydrogen (secondary N) is 2. The monoisotopic (exact) mass is 345 g/mol. The summed E-state index contributed by atoms with van der Waals surface area (Å²) in [6, 6.07) is 1.71. The first kappa shape index (κ1) is 17.6. The molecule has 1 aliphatic carbocycles. The summed E-state index contributed by atoms with van der Waals surface area (Å²) >= 11 is 0. The molecule has 25 heavy (non-hydrogen) atoms. The fourth-order valence-corrected chi connectivity index (χ4v) is 3.50. The first-order chi connectivity index (χ1) is 12.2. The van der Waals surface area contributed by atoms with Crippen LogP contribution in [0, 0.1) is 0 Å². The van der Waals surface area contributed by atoms with Gasteiger partial charge < -0.3 is 20.0 Å². The van der Waals surface area contributed by atoms with E-state index in [2.05, 4.69) is 16.7 Å². The van der Waals surface area contributed by atoms with Gasteiger partial charge in [-0.3, -0.25) is 4.79 Å². The molecule has 2 heterocycles. The van der Waals surface area contributed by atoms with Gasteiger partial charge in [-0.1, -0.05) is 11.6 Å². The van der Waals surface area contributed by atoms with Gasteiger partial charge in [0.25, 0.3) is 5.91 Å². The molecule has 3 amide bonds. The number of rotatable bonds is 5. The summed E-state index contributed by atoms with van der Waals surface area (Å²) < 4.78 is 4.96. The Morgan fingerprint density at radius 1 is 1.24 bits per heavy atom. The second-order valence-electron chi connectivity index (χ2n) is 6.84. The highest BCUT2D eigenvalue weighted by Crippen LogP contribution is 2.19. The van der Waals surface area contributed by atoms with Gasteiger partial charge in [-0.2, -0.15) is 0 Å². The molecule has 6 heteroatoms. The van der Waals surface area contributed by atoms with Gasteiger partial charge in [-0.25, -0.2) is 4.79 Å². The van der Waals surface area contributed by atoms with Crippen molar-refractivity contribution < 1.29 is 14.0 Å². The van der Waals surface area contributed by atoms with Gasteiger partial charge in [0.15, 0.2) is 0 Å². The zero-order valence-corrected chi connectivity index (χ0v) is 14.6. The highest BCUT2D eigenvalue weighted by Gasteiger charge is 2.24. The molecule has 0 bridgehead atoms. The van der Waals surface area contributed by atoms with Crippen LogP contribution in [0.1, 0.15) is 55.3 Å². The maximum atomic E-state index is 12.2. The maximum absolute atomic E-state index is 12.2. The Balaban J connectivity index is 1.33. The number of hydrogen-bond donors (Lipinski definition) is 2. The van der Waals surface area contributed by atoms with Crippen molar-refractivity contribution in [2.45, 2.75) is 51.0 Å². The van der Waals surface area contributed by atoms with Crippen molar-refractivity contribution in [1.29, 1.82) is 0 Å². The Kier molecular flexibility index (Phi) is 6.14. The second kappa shape index (κ2) is 8.74. The number of likely N-dealkylation sites (tertiary alicyclic amines) is 1. The molecular formula is C19H27N3O3. The molecule has 0 spiro atoms. The largest absolute Gasteiger partial charge is 0.472 e. The van der Waals surface area contributed by atoms with Crippen LogP contribution in [0.4, 0.5) is 4.79 Å². The van der Waals surface area contributed by atoms with Crippen molar-refractivity contribution in [3.8, 4) is 0 Å². The summed E-state index contributed by atoms with van der Waals surface area (Å²) in [6.07, 6.45) is 12.7. The molecule has 0 radical (unpaired) electrons. The number of hydrogen-bond acceptors (Lipinski definition) is 3. The average molecular weight is 345 g/mol. The van der Waals surface area contributed by atoms with Crippen LogP contribution in [0.2, 0.25) is 0 Å². The number of urea groups is 1. The third kappa shape index (κ3) is 5.11. The number of carbonyl (C=O) groups excluding carboxylic acids is 2. The lowest BCUT2D eigenvalue weighted by Crippen LogP contribution is -2.49. The second-order valence-corrected chi connectivity index (χ2v) is 6.84. The molecule has 1 aromatic rings. The molecule has 2 N–H and O–H groups in total. The molecule has 0 unspecified atom stereocenters. The quantitative estimate of drug-likeness (QED) is 0.806. The molecule has 3 rings (SSSR count). The van der Waals surface area contributed by atoms with Gasteiger partial charge in [-0.15, -0.1) is 0 Å². The van der Waals surface area contributed by atoms with Crippen molar-refractivity contribution in [3.05, 3.63) is 35.8 Å². The lowest BCUT2D eigenvalue weighted by Gasteiger charge is -2.32. The van der Waals surface area contributed by atoms with Crippen LogP contribution in [-0.4, -0.2) is 42.5 Å². The summed E-state index contributed by atoms with van der Waals surface area (Å²) in [7, 11) is 0. The highest BCUT2D eigenvalue weighted by atomic mass is 16.3. The zero-order valence-electron chi connectivity index (χ0n) is 14.6. The summed E-state index contributed by atoms with van der Waals surface area (Å²) in [5.74, 6) is -0.00240. The minimum Gasteiger partial charge on any atom is -0.472 e. The number of carbonyl (C=O) groups is 2. The Hall–Kier alpha value is -2.24. The molecule has 0 saturated carbocycles. The standard InChI is InChI=1S/C19H27N3O3/c23-18(16-9-13-25-14-16)22-11-7-17(8-12-22)21-19(24)20-10-6-15-4-2-1-3-5-15/h4,9,13-14,17H,1-3,5-8,10-12H2,(H2,20,21,24). The van der Waals surface area contributed by atoms with Crippen molar-refractivity contribution in [1.82, 2.24) is 15.5 Å². The number of furan rings is 1. The fourth-order valence-electron chi connectivity index (χ4n) is 3.50. The molecule has 1 aromatic heterocycles. The Morgan fingerprint density at radius 3 is 2.76 bits per heavy atom. The van der Waals surface area contributed by atoms with Gasteiger partial charge in [0.05, 0.1) is 11.8 Å². The molecule has 2 aliphatic rings. The molecule has 1 aliphatic heterocycles. The van der Waals surface area contributed by atoms with E-state index in [1.807, 2.05) is 4.90 Å². The van der Waals surface area contributed by atoms with Crippen molar-refractivity contribution in [3.63, 3.8) is 0 Å². The van der Waals surface area contributed by atoms with Crippen LogP contribution in [0.25, 0.3) is 0 Å². The molecule has 136 valence electrons. The van der Waals surface area contributed by atoms with Gasteiger partial charge in [0.2, 0.25) is 0 Å². The first-order valence-electron chi connectivity index (χ1n) is 9.26. The van der Waals surface area contributed by atoms with E-state index in [0.717, 1.165) is 19.3 Å². The average Bonchev–Trinajstić information content (AvgIpc) is 3.17. The summed E-state index contributed by atoms with van der Waals surface area (Å²) in [5, 5.41) is 5.97. The summed E-state index contributed by atoms with van der Waals surface area (Å²) in [4.78, 5) is 26.1. The van der Waals surface area contributed by atoms with Crippen molar-refractivity contribution in [2.75, 3.05) is 19.6 Å². The minimum absolute atomic E-state index is 0.00240. The minimum atomic E-state index is -0.101. The SMILES string of the molecule is O=C(NCCC1=CCCCC1)NC1CCN(C(=O)c2ccoc2)CC1. The van der Waals surface area contributed by atoms with E-state index in [9.17, 15) is 9.59 Å². The molecule has 1 saturated heterocycles. The number of allylic oxidation sites excluding steroid dienone is 1. The van der Waals surface area contributed by atoms with Gasteiger partial charge in [0, 0.05) is 25.7 Å². The third-order valence-corrected chi connectivity index (χ3v) is 5.00. The smallest absolute Gasteiger partial charge is 0.315 e. The van der Waals surface area contributed by atoms with Crippen LogP contribution in [0.15, 0.2) is 34.7 Å². The van der Waals surface area contributed by atoms with E-state index in [-0.39, 0.29) is 18.0 Å². The maximum Gasteiger partial charge on any atom is 0.315 e. The van der Waals surface area contributed by atoms with Crippen molar-refractivity contribution >= 4 is 11.9 Å². The van der Waals surface area contributed by atoms with Gasteiger partial charge >= 0.3 is 6.03 Å². The predicted octanol–water partition coefficient (Wildman–Crippen LogP) is 3.07. The zero-order chi connectivity index (χ0) is 17.5. The molecule has 6 nitrogen and oxygen atoms in total. The lowest BCUT2D eigenvalue weighted by atomic mass is 9.97. The number of nitrogens with zero attached hydrogens (tertiary/aromatic N) is 1. The fraction of sp³-hybridized carbons (Fsp3) is 0.579. The van der Waals surface area contributed by atoms with E-state index in [0.29, 0.717) is 25.2 Å². The van der Waals surface area contributed by atoms with Crippen LogP contribution < -0.4 is 10.6 Å². The van der Waals surface area contributed by atoms with E-state index in [4.69, 9.17) is 4.42 Å². The molecule has 1 fully saturated rings. The molecule has 0 aromatic carbocycles. The Morgan fingerprint density at radius 2 is 2.08 bits per heavy atom. The molecule has 0 atom stereocenters. The summed E-state index contributed by atoms with van der Waals surface area (Å²) in [6.45, 7) is 2.00. The van der Waals surface area contributed by atoms with Gasteiger partial charge in [-0.05, 0) is 51.0 Å². The molecular weight excluding hydrogens is 318 g/mol. The van der Waals surface area contributed by atoms with Crippen LogP contribution >= 0.6 is 0 Å². The summed E-state index contributed by atoms with van der Waals surface area (Å²) in [5.41, 5.74) is 2.05. The Labute approximate surface area is 148 Å². The van der Waals surface area contributed by atoms with E-state index >= 15 is 0 Å². The Bertz CT molecular complexity index is 601. The first-order valence-corrected chi connectivity index (χ1v) is 9.26. The van der Waals surface area contributed by atoms with E-state index in [1.54, 1.807) is 6.07 Å². The van der Waals surface area contributed by atoms with E-state index < -0.39 is 0 Å². The van der Waals surface area contributed by atoms with Crippen LogP contribution in [0.3, 0.4) is 0 Å². The van der Waals surface area contributed by atoms with Crippen LogP contribution in [0.5, 0.6) is 0 Å². The normalized spacial score (nSPS) is 18.6. The van der Waals surface area contributed by atoms with Crippen LogP contribution in [-0.2, 0) is 0 Å². The topological polar surface area (TPSA) is 74.6 Å². The van der Waals surface area contributed by atoms with Crippen molar-refractivity contribution in [2.24, 2.45) is 0 Å². The predicted molar refractivity (Wildman–Crippen MR) is 95.3 cm³/mol. The third-order valence-electron chi connectivity index (χ3n) is 5.00. The number of piperidine rings is 1. The van der Waals surface area contributed by atoms with Gasteiger partial charge in [0.1, 0.15) is 6.26 Å². The highest BCUT2D eigenvalue weighted by molar-refractivity contribution is 5.93.